The molecule has 2 aromatic rings. The first kappa shape index (κ1) is 16.7. The number of benzene rings is 1. The Bertz CT molecular complexity index is 637. The molecule has 0 aliphatic heterocycles. The third kappa shape index (κ3) is 4.93. The van der Waals surface area contributed by atoms with Crippen LogP contribution >= 0.6 is 0 Å². The van der Waals surface area contributed by atoms with Gasteiger partial charge in [0.05, 0.1) is 30.8 Å². The molecule has 1 heterocycles. The maximum absolute atomic E-state index is 12.5. The van der Waals surface area contributed by atoms with Gasteiger partial charge in [-0.15, -0.1) is 0 Å². The highest BCUT2D eigenvalue weighted by Gasteiger charge is 2.16. The highest BCUT2D eigenvalue weighted by molar-refractivity contribution is 5.78. The number of non-ortho nitro benzene ring substituents is 1. The number of nitro groups is 1. The molecule has 0 atom stereocenters. The van der Waals surface area contributed by atoms with Crippen LogP contribution in [-0.2, 0) is 22.5 Å². The lowest BCUT2D eigenvalue weighted by molar-refractivity contribution is -0.384. The van der Waals surface area contributed by atoms with E-state index >= 15 is 0 Å². The number of methoxy groups -OCH3 is 1. The molecular formula is C16H18N2O5. The quantitative estimate of drug-likeness (QED) is 0.551. The van der Waals surface area contributed by atoms with Crippen LogP contribution in [0.4, 0.5) is 5.69 Å². The van der Waals surface area contributed by atoms with E-state index in [2.05, 4.69) is 0 Å². The molecule has 0 aliphatic rings. The Balaban J connectivity index is 2.02. The van der Waals surface area contributed by atoms with Gasteiger partial charge in [-0.05, 0) is 17.7 Å². The van der Waals surface area contributed by atoms with Crippen molar-refractivity contribution >= 4 is 11.6 Å². The van der Waals surface area contributed by atoms with E-state index in [0.717, 1.165) is 5.56 Å². The number of carbonyl (C=O) groups excluding carboxylic acids is 1. The molecular weight excluding hydrogens is 300 g/mol. The molecule has 2 rings (SSSR count). The molecule has 0 aliphatic carbocycles. The van der Waals surface area contributed by atoms with Crippen LogP contribution in [0.15, 0.2) is 47.1 Å². The van der Waals surface area contributed by atoms with E-state index in [1.807, 2.05) is 0 Å². The van der Waals surface area contributed by atoms with Gasteiger partial charge < -0.3 is 14.1 Å². The van der Waals surface area contributed by atoms with Crippen LogP contribution in [0.1, 0.15) is 11.3 Å². The fourth-order valence-electron chi connectivity index (χ4n) is 2.11. The van der Waals surface area contributed by atoms with Gasteiger partial charge in [0.25, 0.3) is 5.69 Å². The lowest BCUT2D eigenvalue weighted by Crippen LogP contribution is -2.34. The number of furan rings is 1. The van der Waals surface area contributed by atoms with Crippen molar-refractivity contribution in [1.82, 2.24) is 4.90 Å². The highest BCUT2D eigenvalue weighted by atomic mass is 16.6. The zero-order valence-corrected chi connectivity index (χ0v) is 12.8. The first-order chi connectivity index (χ1) is 11.1. The number of carbonyl (C=O) groups is 1. The van der Waals surface area contributed by atoms with Gasteiger partial charge in [-0.1, -0.05) is 12.1 Å². The molecule has 7 nitrogen and oxygen atoms in total. The van der Waals surface area contributed by atoms with E-state index in [0.29, 0.717) is 25.5 Å². The summed E-state index contributed by atoms with van der Waals surface area (Å²) in [6, 6.07) is 9.56. The summed E-state index contributed by atoms with van der Waals surface area (Å²) in [5.74, 6) is 0.602. The van der Waals surface area contributed by atoms with Crippen molar-refractivity contribution in [1.29, 1.82) is 0 Å². The van der Waals surface area contributed by atoms with Crippen molar-refractivity contribution < 1.29 is 18.9 Å². The predicted molar refractivity (Wildman–Crippen MR) is 82.8 cm³/mol. The van der Waals surface area contributed by atoms with Crippen LogP contribution < -0.4 is 0 Å². The van der Waals surface area contributed by atoms with Crippen LogP contribution in [0.3, 0.4) is 0 Å². The summed E-state index contributed by atoms with van der Waals surface area (Å²) in [6.45, 7) is 1.23. The second-order valence-corrected chi connectivity index (χ2v) is 4.99. The number of ether oxygens (including phenoxy) is 1. The monoisotopic (exact) mass is 318 g/mol. The normalized spacial score (nSPS) is 10.5. The molecule has 0 spiro atoms. The van der Waals surface area contributed by atoms with Crippen molar-refractivity contribution in [2.75, 3.05) is 20.3 Å². The molecule has 0 bridgehead atoms. The average molecular weight is 318 g/mol. The van der Waals surface area contributed by atoms with Crippen molar-refractivity contribution in [2.24, 2.45) is 0 Å². The number of rotatable bonds is 8. The molecule has 7 heteroatoms. The van der Waals surface area contributed by atoms with E-state index in [1.54, 1.807) is 42.5 Å². The van der Waals surface area contributed by atoms with E-state index in [4.69, 9.17) is 9.15 Å². The zero-order valence-electron chi connectivity index (χ0n) is 12.8. The number of amides is 1. The minimum atomic E-state index is -0.465. The van der Waals surface area contributed by atoms with Crippen molar-refractivity contribution in [2.45, 2.75) is 13.0 Å². The number of nitrogens with zero attached hydrogens (tertiary/aromatic N) is 2. The maximum Gasteiger partial charge on any atom is 0.269 e. The van der Waals surface area contributed by atoms with Crippen LogP contribution in [-0.4, -0.2) is 36.0 Å². The topological polar surface area (TPSA) is 85.8 Å². The Morgan fingerprint density at radius 1 is 1.30 bits per heavy atom. The average Bonchev–Trinajstić information content (AvgIpc) is 3.05. The summed E-state index contributed by atoms with van der Waals surface area (Å²) < 4.78 is 10.3. The summed E-state index contributed by atoms with van der Waals surface area (Å²) in [5, 5.41) is 10.6. The van der Waals surface area contributed by atoms with Gasteiger partial charge in [-0.3, -0.25) is 14.9 Å². The molecule has 0 saturated carbocycles. The largest absolute Gasteiger partial charge is 0.467 e. The van der Waals surface area contributed by atoms with Crippen molar-refractivity contribution in [3.8, 4) is 0 Å². The highest BCUT2D eigenvalue weighted by Crippen LogP contribution is 2.14. The van der Waals surface area contributed by atoms with Gasteiger partial charge in [0.2, 0.25) is 5.91 Å². The van der Waals surface area contributed by atoms with Crippen molar-refractivity contribution in [3.05, 3.63) is 64.1 Å². The molecule has 0 unspecified atom stereocenters. The first-order valence-electron chi connectivity index (χ1n) is 7.12. The Labute approximate surface area is 133 Å². The minimum absolute atomic E-state index is 0.00743. The second-order valence-electron chi connectivity index (χ2n) is 4.99. The Morgan fingerprint density at radius 2 is 2.04 bits per heavy atom. The second kappa shape index (κ2) is 8.09. The van der Waals surface area contributed by atoms with Crippen molar-refractivity contribution in [3.63, 3.8) is 0 Å². The van der Waals surface area contributed by atoms with Gasteiger partial charge in [0.1, 0.15) is 5.76 Å². The molecule has 0 fully saturated rings. The van der Waals surface area contributed by atoms with Crippen LogP contribution in [0.5, 0.6) is 0 Å². The van der Waals surface area contributed by atoms with E-state index in [9.17, 15) is 14.9 Å². The van der Waals surface area contributed by atoms with E-state index in [1.165, 1.54) is 12.1 Å². The molecule has 1 aromatic heterocycles. The SMILES string of the molecule is COCCN(Cc1ccco1)C(=O)Cc1ccc([N+](=O)[O-])cc1. The Kier molecular flexibility index (Phi) is 5.87. The van der Waals surface area contributed by atoms with Gasteiger partial charge in [-0.25, -0.2) is 0 Å². The van der Waals surface area contributed by atoms with Gasteiger partial charge in [-0.2, -0.15) is 0 Å². The van der Waals surface area contributed by atoms with Gasteiger partial charge in [0, 0.05) is 25.8 Å². The fraction of sp³-hybridized carbons (Fsp3) is 0.312. The molecule has 23 heavy (non-hydrogen) atoms. The number of hydrogen-bond donors (Lipinski definition) is 0. The molecule has 1 aromatic carbocycles. The number of hydrogen-bond acceptors (Lipinski definition) is 5. The van der Waals surface area contributed by atoms with Crippen LogP contribution in [0.2, 0.25) is 0 Å². The molecule has 0 saturated heterocycles. The number of nitro benzene ring substituents is 1. The minimum Gasteiger partial charge on any atom is -0.467 e. The maximum atomic E-state index is 12.5. The first-order valence-corrected chi connectivity index (χ1v) is 7.12. The summed E-state index contributed by atoms with van der Waals surface area (Å²) in [6.07, 6.45) is 1.73. The molecule has 0 radical (unpaired) electrons. The summed E-state index contributed by atoms with van der Waals surface area (Å²) in [7, 11) is 1.58. The van der Waals surface area contributed by atoms with E-state index in [-0.39, 0.29) is 18.0 Å². The third-order valence-corrected chi connectivity index (χ3v) is 3.35. The van der Waals surface area contributed by atoms with Crippen LogP contribution in [0.25, 0.3) is 0 Å². The van der Waals surface area contributed by atoms with Crippen LogP contribution in [0, 0.1) is 10.1 Å². The molecule has 1 amide bonds. The predicted octanol–water partition coefficient (Wildman–Crippen LogP) is 2.41. The van der Waals surface area contributed by atoms with E-state index < -0.39 is 4.92 Å². The fourth-order valence-corrected chi connectivity index (χ4v) is 2.11. The summed E-state index contributed by atoms with van der Waals surface area (Å²) in [4.78, 5) is 24.3. The third-order valence-electron chi connectivity index (χ3n) is 3.35. The lowest BCUT2D eigenvalue weighted by atomic mass is 10.1. The van der Waals surface area contributed by atoms with Gasteiger partial charge in [0.15, 0.2) is 0 Å². The lowest BCUT2D eigenvalue weighted by Gasteiger charge is -2.21. The molecule has 122 valence electrons. The Morgan fingerprint density at radius 3 is 2.61 bits per heavy atom. The van der Waals surface area contributed by atoms with Gasteiger partial charge >= 0.3 is 0 Å². The summed E-state index contributed by atoms with van der Waals surface area (Å²) in [5.41, 5.74) is 0.732. The molecule has 0 N–H and O–H groups in total. The summed E-state index contributed by atoms with van der Waals surface area (Å²) >= 11 is 0. The smallest absolute Gasteiger partial charge is 0.269 e. The zero-order chi connectivity index (χ0) is 16.7. The Hall–Kier alpha value is -2.67. The standard InChI is InChI=1S/C16H18N2O5/c1-22-10-8-17(12-15-3-2-9-23-15)16(19)11-13-4-6-14(7-5-13)18(20)21/h2-7,9H,8,10-12H2,1H3.